The largest absolute Gasteiger partial charge is 0.396 e. The molecule has 4 N–H and O–H groups in total. The predicted octanol–water partition coefficient (Wildman–Crippen LogP) is -0.543. The van der Waals surface area contributed by atoms with Crippen LogP contribution in [0, 0.1) is 5.92 Å². The van der Waals surface area contributed by atoms with Gasteiger partial charge in [-0.15, -0.1) is 0 Å². The maximum atomic E-state index is 9.27. The van der Waals surface area contributed by atoms with Gasteiger partial charge in [-0.25, -0.2) is 0 Å². The fraction of sp³-hybridized carbons (Fsp3) is 1.00. The van der Waals surface area contributed by atoms with E-state index in [4.69, 9.17) is 15.3 Å². The number of aliphatic hydroxyl groups is 4. The average Bonchev–Trinajstić information content (AvgIpc) is 2.00. The predicted molar refractivity (Wildman–Crippen MR) is 44.3 cm³/mol. The van der Waals surface area contributed by atoms with E-state index in [9.17, 15) is 5.11 Å². The number of hydrogen-bond donors (Lipinski definition) is 4. The second kappa shape index (κ2) is 6.37. The second-order valence-electron chi connectivity index (χ2n) is 3.15. The third-order valence-corrected chi connectivity index (χ3v) is 1.85. The molecule has 0 aliphatic rings. The van der Waals surface area contributed by atoms with Gasteiger partial charge in [0.05, 0.1) is 6.10 Å². The van der Waals surface area contributed by atoms with Crippen molar-refractivity contribution in [3.05, 3.63) is 0 Å². The lowest BCUT2D eigenvalue weighted by molar-refractivity contribution is -0.0892. The van der Waals surface area contributed by atoms with Crippen LogP contribution in [0.25, 0.3) is 0 Å². The maximum Gasteiger partial charge on any atom is 0.154 e. The minimum Gasteiger partial charge on any atom is -0.396 e. The van der Waals surface area contributed by atoms with Gasteiger partial charge in [0.1, 0.15) is 0 Å². The Morgan fingerprint density at radius 2 is 1.75 bits per heavy atom. The van der Waals surface area contributed by atoms with Crippen LogP contribution in [0.5, 0.6) is 0 Å². The van der Waals surface area contributed by atoms with Crippen LogP contribution in [0.1, 0.15) is 26.2 Å². The van der Waals surface area contributed by atoms with Crippen molar-refractivity contribution in [1.82, 2.24) is 0 Å². The van der Waals surface area contributed by atoms with E-state index in [2.05, 4.69) is 0 Å². The van der Waals surface area contributed by atoms with E-state index in [1.54, 1.807) is 6.92 Å². The Labute approximate surface area is 72.5 Å². The molecular weight excluding hydrogens is 160 g/mol. The van der Waals surface area contributed by atoms with Gasteiger partial charge in [0, 0.05) is 12.5 Å². The first kappa shape index (κ1) is 11.8. The van der Waals surface area contributed by atoms with Crippen LogP contribution < -0.4 is 0 Å². The SMILES string of the molecule is CC(CC(O)CCCO)C(O)O. The summed E-state index contributed by atoms with van der Waals surface area (Å²) < 4.78 is 0. The smallest absolute Gasteiger partial charge is 0.154 e. The molecule has 0 saturated heterocycles. The molecule has 0 heterocycles. The van der Waals surface area contributed by atoms with Crippen molar-refractivity contribution in [3.63, 3.8) is 0 Å². The summed E-state index contributed by atoms with van der Waals surface area (Å²) >= 11 is 0. The van der Waals surface area contributed by atoms with Gasteiger partial charge in [-0.3, -0.25) is 0 Å². The van der Waals surface area contributed by atoms with Gasteiger partial charge in [-0.2, -0.15) is 0 Å². The summed E-state index contributed by atoms with van der Waals surface area (Å²) in [6.45, 7) is 1.72. The summed E-state index contributed by atoms with van der Waals surface area (Å²) in [6.07, 6.45) is -0.497. The second-order valence-corrected chi connectivity index (χ2v) is 3.15. The van der Waals surface area contributed by atoms with E-state index in [-0.39, 0.29) is 12.5 Å². The molecule has 2 unspecified atom stereocenters. The average molecular weight is 178 g/mol. The lowest BCUT2D eigenvalue weighted by Gasteiger charge is -2.17. The molecule has 0 aliphatic heterocycles. The van der Waals surface area contributed by atoms with Gasteiger partial charge >= 0.3 is 0 Å². The Kier molecular flexibility index (Phi) is 6.28. The molecule has 0 spiro atoms. The number of aliphatic hydroxyl groups excluding tert-OH is 3. The highest BCUT2D eigenvalue weighted by atomic mass is 16.5. The van der Waals surface area contributed by atoms with E-state index in [1.165, 1.54) is 0 Å². The van der Waals surface area contributed by atoms with Gasteiger partial charge in [-0.1, -0.05) is 6.92 Å². The highest BCUT2D eigenvalue weighted by Gasteiger charge is 2.15. The molecule has 0 aliphatic carbocycles. The monoisotopic (exact) mass is 178 g/mol. The Bertz CT molecular complexity index is 105. The minimum absolute atomic E-state index is 0.0626. The van der Waals surface area contributed by atoms with E-state index in [1.807, 2.05) is 0 Å². The lowest BCUT2D eigenvalue weighted by Crippen LogP contribution is -2.22. The van der Waals surface area contributed by atoms with Crippen LogP contribution in [0.3, 0.4) is 0 Å². The molecule has 4 nitrogen and oxygen atoms in total. The van der Waals surface area contributed by atoms with Crippen LogP contribution in [0.2, 0.25) is 0 Å². The molecule has 0 fully saturated rings. The fourth-order valence-electron chi connectivity index (χ4n) is 0.996. The van der Waals surface area contributed by atoms with Crippen molar-refractivity contribution in [3.8, 4) is 0 Å². The summed E-state index contributed by atoms with van der Waals surface area (Å²) in [5.41, 5.74) is 0. The quantitative estimate of drug-likeness (QED) is 0.412. The van der Waals surface area contributed by atoms with Crippen molar-refractivity contribution in [2.45, 2.75) is 38.6 Å². The summed E-state index contributed by atoms with van der Waals surface area (Å²) in [7, 11) is 0. The highest BCUT2D eigenvalue weighted by Crippen LogP contribution is 2.12. The van der Waals surface area contributed by atoms with E-state index in [0.717, 1.165) is 0 Å². The van der Waals surface area contributed by atoms with Gasteiger partial charge in [0.2, 0.25) is 0 Å². The van der Waals surface area contributed by atoms with Crippen LogP contribution in [-0.4, -0.2) is 39.4 Å². The van der Waals surface area contributed by atoms with Crippen LogP contribution >= 0.6 is 0 Å². The first-order valence-corrected chi connectivity index (χ1v) is 4.23. The van der Waals surface area contributed by atoms with Crippen LogP contribution in [-0.2, 0) is 0 Å². The number of rotatable bonds is 6. The fourth-order valence-corrected chi connectivity index (χ4v) is 0.996. The molecule has 0 aromatic carbocycles. The molecule has 0 rings (SSSR count). The normalized spacial score (nSPS) is 16.5. The molecule has 0 saturated carbocycles. The van der Waals surface area contributed by atoms with Gasteiger partial charge in [0.25, 0.3) is 0 Å². The minimum atomic E-state index is -1.37. The first-order chi connectivity index (χ1) is 5.57. The summed E-state index contributed by atoms with van der Waals surface area (Å²) in [5, 5.41) is 35.1. The summed E-state index contributed by atoms with van der Waals surface area (Å²) in [4.78, 5) is 0. The van der Waals surface area contributed by atoms with Crippen molar-refractivity contribution < 1.29 is 20.4 Å². The molecule has 74 valence electrons. The van der Waals surface area contributed by atoms with Crippen molar-refractivity contribution in [1.29, 1.82) is 0 Å². The van der Waals surface area contributed by atoms with Crippen LogP contribution in [0.4, 0.5) is 0 Å². The highest BCUT2D eigenvalue weighted by molar-refractivity contribution is 4.62. The summed E-state index contributed by atoms with van der Waals surface area (Å²) in [5.74, 6) is -0.321. The topological polar surface area (TPSA) is 80.9 Å². The number of hydrogen-bond acceptors (Lipinski definition) is 4. The van der Waals surface area contributed by atoms with E-state index >= 15 is 0 Å². The van der Waals surface area contributed by atoms with Gasteiger partial charge in [-0.05, 0) is 19.3 Å². The Morgan fingerprint density at radius 3 is 2.17 bits per heavy atom. The van der Waals surface area contributed by atoms with Gasteiger partial charge < -0.3 is 20.4 Å². The zero-order chi connectivity index (χ0) is 9.56. The summed E-state index contributed by atoms with van der Waals surface area (Å²) in [6, 6.07) is 0. The van der Waals surface area contributed by atoms with Gasteiger partial charge in [0.15, 0.2) is 6.29 Å². The Balaban J connectivity index is 3.47. The molecule has 4 heteroatoms. The van der Waals surface area contributed by atoms with Crippen molar-refractivity contribution in [2.24, 2.45) is 5.92 Å². The van der Waals surface area contributed by atoms with Crippen molar-refractivity contribution >= 4 is 0 Å². The molecule has 2 atom stereocenters. The zero-order valence-corrected chi connectivity index (χ0v) is 7.35. The maximum absolute atomic E-state index is 9.27. The van der Waals surface area contributed by atoms with E-state index in [0.29, 0.717) is 19.3 Å². The molecule has 0 aromatic rings. The van der Waals surface area contributed by atoms with E-state index < -0.39 is 12.4 Å². The Hall–Kier alpha value is -0.160. The standard InChI is InChI=1S/C8H18O4/c1-6(8(11)12)5-7(10)3-2-4-9/h6-12H,2-5H2,1H3. The Morgan fingerprint density at radius 1 is 1.17 bits per heavy atom. The third kappa shape index (κ3) is 5.49. The molecule has 0 radical (unpaired) electrons. The molecule has 0 amide bonds. The zero-order valence-electron chi connectivity index (χ0n) is 7.35. The van der Waals surface area contributed by atoms with Crippen LogP contribution in [0.15, 0.2) is 0 Å². The molecule has 12 heavy (non-hydrogen) atoms. The molecule has 0 bridgehead atoms. The molecule has 0 aromatic heterocycles. The lowest BCUT2D eigenvalue weighted by atomic mass is 10.0. The first-order valence-electron chi connectivity index (χ1n) is 4.23. The third-order valence-electron chi connectivity index (χ3n) is 1.85. The molecular formula is C8H18O4. The van der Waals surface area contributed by atoms with Crippen molar-refractivity contribution in [2.75, 3.05) is 6.61 Å².